The molecular weight excluding hydrogens is 641 g/mol. The van der Waals surface area contributed by atoms with Crippen molar-refractivity contribution in [2.45, 2.75) is 12.5 Å². The van der Waals surface area contributed by atoms with Crippen LogP contribution in [0.3, 0.4) is 0 Å². The fourth-order valence-electron chi connectivity index (χ4n) is 5.89. The summed E-state index contributed by atoms with van der Waals surface area (Å²) in [4.78, 5) is 45.3. The van der Waals surface area contributed by atoms with Crippen LogP contribution in [0.25, 0.3) is 33.8 Å². The quantitative estimate of drug-likeness (QED) is 0.229. The molecule has 1 aliphatic heterocycles. The number of carboxylic acid groups (broad SMARTS) is 1. The Labute approximate surface area is 275 Å². The number of pyridine rings is 1. The maximum atomic E-state index is 15.3. The molecule has 0 saturated heterocycles. The molecule has 3 aromatic carbocycles. The molecule has 0 radical (unpaired) electrons. The molecule has 6 aromatic rings. The molecule has 2 N–H and O–H groups in total. The van der Waals surface area contributed by atoms with Crippen molar-refractivity contribution in [2.24, 2.45) is 0 Å². The average Bonchev–Trinajstić information content (AvgIpc) is 3.79. The number of amides is 2. The number of aromatic nitrogens is 7. The van der Waals surface area contributed by atoms with E-state index in [1.807, 2.05) is 24.3 Å². The lowest BCUT2D eigenvalue weighted by atomic mass is 9.86. The number of benzene rings is 3. The Morgan fingerprint density at radius 3 is 2.67 bits per heavy atom. The third-order valence-corrected chi connectivity index (χ3v) is 8.35. The molecule has 0 spiro atoms. The number of fused-ring (bicyclic) bond motifs is 2. The summed E-state index contributed by atoms with van der Waals surface area (Å²) in [6.07, 6.45) is 7.66. The molecule has 15 heteroatoms. The molecule has 4 heterocycles. The molecule has 0 bridgehead atoms. The molecule has 238 valence electrons. The minimum Gasteiger partial charge on any atom is -0.463 e. The first-order valence-corrected chi connectivity index (χ1v) is 14.9. The second-order valence-electron chi connectivity index (χ2n) is 10.8. The molecule has 0 fully saturated rings. The molecule has 7 rings (SSSR count). The third-order valence-electron chi connectivity index (χ3n) is 8.06. The first kappa shape index (κ1) is 30.4. The Hall–Kier alpha value is -6.28. The van der Waals surface area contributed by atoms with E-state index in [1.165, 1.54) is 52.5 Å². The summed E-state index contributed by atoms with van der Waals surface area (Å²) in [5, 5.41) is 27.7. The molecule has 48 heavy (non-hydrogen) atoms. The first-order valence-electron chi connectivity index (χ1n) is 14.5. The van der Waals surface area contributed by atoms with Crippen molar-refractivity contribution in [1.82, 2.24) is 39.9 Å². The average molecular weight is 664 g/mol. The molecule has 1 unspecified atom stereocenters. The molecule has 2 amide bonds. The van der Waals surface area contributed by atoms with E-state index >= 15 is 4.39 Å². The second kappa shape index (κ2) is 12.5. The van der Waals surface area contributed by atoms with Gasteiger partial charge in [0.15, 0.2) is 5.82 Å². The Balaban J connectivity index is 1.28. The van der Waals surface area contributed by atoms with E-state index in [9.17, 15) is 19.5 Å². The fraction of sp³-hybridized carbons (Fsp3) is 0.0909. The van der Waals surface area contributed by atoms with E-state index in [0.29, 0.717) is 23.1 Å². The number of hydrogen-bond donors (Lipinski definition) is 2. The zero-order chi connectivity index (χ0) is 33.4. The van der Waals surface area contributed by atoms with Crippen molar-refractivity contribution in [2.75, 3.05) is 11.9 Å². The third kappa shape index (κ3) is 5.54. The summed E-state index contributed by atoms with van der Waals surface area (Å²) < 4.78 is 17.3. The molecule has 13 nitrogen and oxygen atoms in total. The second-order valence-corrected chi connectivity index (χ2v) is 11.2. The maximum absolute atomic E-state index is 15.3. The topological polar surface area (TPSA) is 161 Å². The van der Waals surface area contributed by atoms with Gasteiger partial charge in [-0.3, -0.25) is 14.6 Å². The lowest BCUT2D eigenvalue weighted by Gasteiger charge is -2.36. The number of anilines is 1. The van der Waals surface area contributed by atoms with Gasteiger partial charge in [0.1, 0.15) is 12.4 Å². The van der Waals surface area contributed by atoms with E-state index in [4.69, 9.17) is 11.6 Å². The summed E-state index contributed by atoms with van der Waals surface area (Å²) in [5.41, 5.74) is 4.11. The van der Waals surface area contributed by atoms with Gasteiger partial charge in [0, 0.05) is 41.7 Å². The first-order chi connectivity index (χ1) is 23.3. The minimum absolute atomic E-state index is 0.0233. The Morgan fingerprint density at radius 1 is 1.06 bits per heavy atom. The summed E-state index contributed by atoms with van der Waals surface area (Å²) in [7, 11) is 0. The SMILES string of the molecule is O=C(Nc1ccc2cnn(C(=O)O)c2c1)C1c2cccc(-c3ccncc3)c2CCN1C(=O)C=Cc1c(-n2cnnn2)ccc(Cl)c1F. The van der Waals surface area contributed by atoms with Gasteiger partial charge in [-0.1, -0.05) is 29.8 Å². The van der Waals surface area contributed by atoms with E-state index < -0.39 is 29.8 Å². The van der Waals surface area contributed by atoms with Gasteiger partial charge in [-0.15, -0.1) is 5.10 Å². The van der Waals surface area contributed by atoms with Crippen LogP contribution >= 0.6 is 11.6 Å². The van der Waals surface area contributed by atoms with Crippen LogP contribution in [0.4, 0.5) is 14.9 Å². The van der Waals surface area contributed by atoms with Crippen molar-refractivity contribution in [3.8, 4) is 16.8 Å². The highest BCUT2D eigenvalue weighted by Gasteiger charge is 2.36. The van der Waals surface area contributed by atoms with Gasteiger partial charge < -0.3 is 15.3 Å². The van der Waals surface area contributed by atoms with Crippen molar-refractivity contribution >= 4 is 52.2 Å². The predicted octanol–water partition coefficient (Wildman–Crippen LogP) is 5.17. The largest absolute Gasteiger partial charge is 0.463 e. The maximum Gasteiger partial charge on any atom is 0.432 e. The predicted molar refractivity (Wildman–Crippen MR) is 173 cm³/mol. The van der Waals surface area contributed by atoms with E-state index in [0.717, 1.165) is 21.4 Å². The highest BCUT2D eigenvalue weighted by molar-refractivity contribution is 6.31. The lowest BCUT2D eigenvalue weighted by molar-refractivity contribution is -0.135. The van der Waals surface area contributed by atoms with Crippen molar-refractivity contribution in [3.63, 3.8) is 0 Å². The Morgan fingerprint density at radius 2 is 1.90 bits per heavy atom. The van der Waals surface area contributed by atoms with Crippen LogP contribution in [-0.2, 0) is 16.0 Å². The molecule has 3 aromatic heterocycles. The number of nitrogens with one attached hydrogen (secondary N) is 1. The van der Waals surface area contributed by atoms with Crippen molar-refractivity contribution in [1.29, 1.82) is 0 Å². The highest BCUT2D eigenvalue weighted by atomic mass is 35.5. The number of carbonyl (C=O) groups is 3. The fourth-order valence-corrected chi connectivity index (χ4v) is 6.05. The van der Waals surface area contributed by atoms with Crippen LogP contribution in [0.2, 0.25) is 5.02 Å². The summed E-state index contributed by atoms with van der Waals surface area (Å²) in [5.74, 6) is -1.87. The van der Waals surface area contributed by atoms with Crippen LogP contribution in [-0.4, -0.2) is 69.4 Å². The molecule has 1 atom stereocenters. The van der Waals surface area contributed by atoms with Crippen LogP contribution in [0.15, 0.2) is 91.7 Å². The van der Waals surface area contributed by atoms with Crippen LogP contribution in [0, 0.1) is 5.82 Å². The van der Waals surface area contributed by atoms with Gasteiger partial charge in [-0.25, -0.2) is 9.18 Å². The molecule has 1 aliphatic rings. The van der Waals surface area contributed by atoms with Crippen LogP contribution < -0.4 is 5.32 Å². The number of tetrazole rings is 1. The highest BCUT2D eigenvalue weighted by Crippen LogP contribution is 2.37. The molecule has 0 aliphatic carbocycles. The molecular formula is C33H23ClFN9O4. The van der Waals surface area contributed by atoms with Gasteiger partial charge >= 0.3 is 6.09 Å². The van der Waals surface area contributed by atoms with E-state index in [1.54, 1.807) is 30.6 Å². The van der Waals surface area contributed by atoms with E-state index in [2.05, 4.69) is 30.9 Å². The van der Waals surface area contributed by atoms with Gasteiger partial charge in [0.2, 0.25) is 5.91 Å². The van der Waals surface area contributed by atoms with Gasteiger partial charge in [-0.05, 0) is 87.6 Å². The summed E-state index contributed by atoms with van der Waals surface area (Å²) in [6, 6.07) is 15.8. The Kier molecular flexibility index (Phi) is 7.90. The van der Waals surface area contributed by atoms with Gasteiger partial charge in [-0.2, -0.15) is 14.5 Å². The smallest absolute Gasteiger partial charge is 0.432 e. The van der Waals surface area contributed by atoms with Crippen molar-refractivity contribution in [3.05, 3.63) is 119 Å². The van der Waals surface area contributed by atoms with Crippen LogP contribution in [0.5, 0.6) is 0 Å². The number of rotatable bonds is 6. The number of halogens is 2. The standard InChI is InChI=1S/C33H23ClFN9O4/c34-26-7-8-27(43-18-37-40-41-43)25(30(26)35)6-9-29(45)42-15-12-23-22(19-10-13-36-14-11-19)2-1-3-24(23)31(42)32(46)39-21-5-4-20-17-38-44(33(47)48)28(20)16-21/h1-11,13-14,16-18,31H,12,15H2,(H,39,46)(H,47,48). The Bertz CT molecular complexity index is 2240. The monoisotopic (exact) mass is 663 g/mol. The number of nitrogens with zero attached hydrogens (tertiary/aromatic N) is 8. The van der Waals surface area contributed by atoms with Crippen molar-refractivity contribution < 1.29 is 23.9 Å². The molecule has 0 saturated carbocycles. The zero-order valence-electron chi connectivity index (χ0n) is 24.7. The number of carbonyl (C=O) groups excluding carboxylic acids is 2. The van der Waals surface area contributed by atoms with Crippen LogP contribution in [0.1, 0.15) is 22.7 Å². The zero-order valence-corrected chi connectivity index (χ0v) is 25.5. The van der Waals surface area contributed by atoms with Gasteiger partial charge in [0.05, 0.1) is 22.4 Å². The van der Waals surface area contributed by atoms with E-state index in [-0.39, 0.29) is 28.3 Å². The lowest BCUT2D eigenvalue weighted by Crippen LogP contribution is -2.45. The summed E-state index contributed by atoms with van der Waals surface area (Å²) in [6.45, 7) is 0.166. The summed E-state index contributed by atoms with van der Waals surface area (Å²) >= 11 is 6.07. The normalized spacial score (nSPS) is 14.3. The minimum atomic E-state index is -1.28. The number of hydrogen-bond acceptors (Lipinski definition) is 8. The van der Waals surface area contributed by atoms with Gasteiger partial charge in [0.25, 0.3) is 5.91 Å².